The van der Waals surface area contributed by atoms with Crippen molar-refractivity contribution in [3.05, 3.63) is 32.4 Å². The standard InChI is InChI=1S/C10H11ClINO2/c1-15-10(14)5-9(13)6-2-7(11)4-8(12)3-6/h2-4,9H,5,13H2,1H3/t9-/m0/s1. The van der Waals surface area contributed by atoms with Crippen molar-refractivity contribution in [1.29, 1.82) is 0 Å². The summed E-state index contributed by atoms with van der Waals surface area (Å²) in [5.74, 6) is -0.322. The molecule has 1 rings (SSSR count). The molecular weight excluding hydrogens is 328 g/mol. The second-order valence-corrected chi connectivity index (χ2v) is 4.77. The van der Waals surface area contributed by atoms with Gasteiger partial charge in [0.1, 0.15) is 0 Å². The quantitative estimate of drug-likeness (QED) is 0.680. The molecule has 0 bridgehead atoms. The van der Waals surface area contributed by atoms with Gasteiger partial charge < -0.3 is 10.5 Å². The predicted molar refractivity (Wildman–Crippen MR) is 67.7 cm³/mol. The molecule has 82 valence electrons. The third-order valence-corrected chi connectivity index (χ3v) is 2.77. The van der Waals surface area contributed by atoms with E-state index in [1.54, 1.807) is 6.07 Å². The highest BCUT2D eigenvalue weighted by atomic mass is 127. The van der Waals surface area contributed by atoms with Crippen LogP contribution in [0, 0.1) is 3.57 Å². The van der Waals surface area contributed by atoms with Gasteiger partial charge in [0, 0.05) is 14.6 Å². The van der Waals surface area contributed by atoms with Gasteiger partial charge in [-0.25, -0.2) is 0 Å². The molecule has 0 fully saturated rings. The number of benzene rings is 1. The van der Waals surface area contributed by atoms with Crippen LogP contribution in [0.15, 0.2) is 18.2 Å². The van der Waals surface area contributed by atoms with Crippen molar-refractivity contribution in [2.75, 3.05) is 7.11 Å². The van der Waals surface area contributed by atoms with Crippen LogP contribution in [-0.4, -0.2) is 13.1 Å². The minimum absolute atomic E-state index is 0.160. The number of esters is 1. The van der Waals surface area contributed by atoms with Crippen molar-refractivity contribution in [3.8, 4) is 0 Å². The number of rotatable bonds is 3. The lowest BCUT2D eigenvalue weighted by atomic mass is 10.1. The van der Waals surface area contributed by atoms with E-state index in [9.17, 15) is 4.79 Å². The molecule has 0 aliphatic heterocycles. The van der Waals surface area contributed by atoms with Gasteiger partial charge in [0.2, 0.25) is 0 Å². The zero-order valence-corrected chi connectivity index (χ0v) is 11.1. The minimum Gasteiger partial charge on any atom is -0.469 e. The smallest absolute Gasteiger partial charge is 0.307 e. The largest absolute Gasteiger partial charge is 0.469 e. The number of ether oxygens (including phenoxy) is 1. The summed E-state index contributed by atoms with van der Waals surface area (Å²) in [7, 11) is 1.34. The lowest BCUT2D eigenvalue weighted by Crippen LogP contribution is -2.16. The molecule has 0 spiro atoms. The van der Waals surface area contributed by atoms with Gasteiger partial charge in [0.05, 0.1) is 13.5 Å². The number of methoxy groups -OCH3 is 1. The van der Waals surface area contributed by atoms with E-state index in [4.69, 9.17) is 17.3 Å². The first-order chi connectivity index (χ1) is 7.02. The van der Waals surface area contributed by atoms with Crippen molar-refractivity contribution >= 4 is 40.2 Å². The highest BCUT2D eigenvalue weighted by molar-refractivity contribution is 14.1. The van der Waals surface area contributed by atoms with Gasteiger partial charge in [-0.1, -0.05) is 11.6 Å². The second kappa shape index (κ2) is 5.67. The number of carbonyl (C=O) groups excluding carboxylic acids is 1. The molecule has 0 radical (unpaired) electrons. The van der Waals surface area contributed by atoms with Crippen LogP contribution in [-0.2, 0) is 9.53 Å². The summed E-state index contributed by atoms with van der Waals surface area (Å²) in [6, 6.07) is 5.12. The molecule has 5 heteroatoms. The van der Waals surface area contributed by atoms with Gasteiger partial charge in [0.15, 0.2) is 0 Å². The summed E-state index contributed by atoms with van der Waals surface area (Å²) in [4.78, 5) is 11.0. The van der Waals surface area contributed by atoms with Crippen LogP contribution in [0.25, 0.3) is 0 Å². The summed E-state index contributed by atoms with van der Waals surface area (Å²) in [5.41, 5.74) is 6.69. The Bertz CT molecular complexity index is 350. The van der Waals surface area contributed by atoms with Crippen LogP contribution in [0.3, 0.4) is 0 Å². The Morgan fingerprint density at radius 3 is 2.80 bits per heavy atom. The fraction of sp³-hybridized carbons (Fsp3) is 0.300. The van der Waals surface area contributed by atoms with Crippen LogP contribution in [0.4, 0.5) is 0 Å². The van der Waals surface area contributed by atoms with E-state index < -0.39 is 0 Å². The van der Waals surface area contributed by atoms with E-state index in [1.165, 1.54) is 7.11 Å². The van der Waals surface area contributed by atoms with Crippen LogP contribution < -0.4 is 5.73 Å². The fourth-order valence-corrected chi connectivity index (χ4v) is 2.29. The third kappa shape index (κ3) is 3.96. The van der Waals surface area contributed by atoms with Crippen molar-refractivity contribution in [2.45, 2.75) is 12.5 Å². The van der Waals surface area contributed by atoms with Gasteiger partial charge in [-0.2, -0.15) is 0 Å². The minimum atomic E-state index is -0.371. The molecule has 1 aromatic carbocycles. The molecule has 0 aliphatic carbocycles. The molecule has 0 unspecified atom stereocenters. The zero-order valence-electron chi connectivity index (χ0n) is 8.17. The molecule has 15 heavy (non-hydrogen) atoms. The Morgan fingerprint density at radius 2 is 2.27 bits per heavy atom. The van der Waals surface area contributed by atoms with Gasteiger partial charge in [-0.3, -0.25) is 4.79 Å². The van der Waals surface area contributed by atoms with E-state index in [-0.39, 0.29) is 18.4 Å². The molecule has 0 aliphatic rings. The lowest BCUT2D eigenvalue weighted by Gasteiger charge is -2.11. The van der Waals surface area contributed by atoms with E-state index in [0.717, 1.165) is 9.13 Å². The maximum Gasteiger partial charge on any atom is 0.307 e. The highest BCUT2D eigenvalue weighted by Crippen LogP contribution is 2.22. The summed E-state index contributed by atoms with van der Waals surface area (Å²) in [6.45, 7) is 0. The van der Waals surface area contributed by atoms with Crippen molar-refractivity contribution in [1.82, 2.24) is 0 Å². The number of hydrogen-bond acceptors (Lipinski definition) is 3. The van der Waals surface area contributed by atoms with Gasteiger partial charge in [-0.15, -0.1) is 0 Å². The van der Waals surface area contributed by atoms with Crippen molar-refractivity contribution in [2.24, 2.45) is 5.73 Å². The van der Waals surface area contributed by atoms with E-state index >= 15 is 0 Å². The second-order valence-electron chi connectivity index (χ2n) is 3.09. The first kappa shape index (κ1) is 12.7. The molecule has 3 nitrogen and oxygen atoms in total. The lowest BCUT2D eigenvalue weighted by molar-refractivity contribution is -0.141. The SMILES string of the molecule is COC(=O)C[C@H](N)c1cc(Cl)cc(I)c1. The topological polar surface area (TPSA) is 52.3 Å². The average Bonchev–Trinajstić information content (AvgIpc) is 2.16. The predicted octanol–water partition coefficient (Wildman–Crippen LogP) is 2.51. The Balaban J connectivity index is 2.81. The Hall–Kier alpha value is -0.330. The number of halogens is 2. The average molecular weight is 340 g/mol. The normalized spacial score (nSPS) is 12.3. The summed E-state index contributed by atoms with van der Waals surface area (Å²) >= 11 is 8.04. The first-order valence-electron chi connectivity index (χ1n) is 4.31. The third-order valence-electron chi connectivity index (χ3n) is 1.93. The van der Waals surface area contributed by atoms with Crippen LogP contribution in [0.2, 0.25) is 5.02 Å². The van der Waals surface area contributed by atoms with Crippen LogP contribution in [0.5, 0.6) is 0 Å². The van der Waals surface area contributed by atoms with E-state index in [1.807, 2.05) is 12.1 Å². The van der Waals surface area contributed by atoms with Crippen molar-refractivity contribution in [3.63, 3.8) is 0 Å². The van der Waals surface area contributed by atoms with E-state index in [0.29, 0.717) is 5.02 Å². The van der Waals surface area contributed by atoms with Gasteiger partial charge >= 0.3 is 5.97 Å². The van der Waals surface area contributed by atoms with Crippen LogP contribution in [0.1, 0.15) is 18.0 Å². The summed E-state index contributed by atoms with van der Waals surface area (Å²) < 4.78 is 5.54. The molecule has 0 aromatic heterocycles. The number of carbonyl (C=O) groups is 1. The molecule has 0 amide bonds. The maximum absolute atomic E-state index is 11.0. The Labute approximate surface area is 107 Å². The Kier molecular flexibility index (Phi) is 4.82. The van der Waals surface area contributed by atoms with Crippen LogP contribution >= 0.6 is 34.2 Å². The highest BCUT2D eigenvalue weighted by Gasteiger charge is 2.12. The first-order valence-corrected chi connectivity index (χ1v) is 5.77. The van der Waals surface area contributed by atoms with Crippen molar-refractivity contribution < 1.29 is 9.53 Å². The fourth-order valence-electron chi connectivity index (χ4n) is 1.17. The molecule has 0 saturated carbocycles. The molecule has 1 atom stereocenters. The molecule has 0 saturated heterocycles. The number of hydrogen-bond donors (Lipinski definition) is 1. The molecule has 2 N–H and O–H groups in total. The number of nitrogens with two attached hydrogens (primary N) is 1. The molecule has 1 aromatic rings. The molecular formula is C10H11ClINO2. The Morgan fingerprint density at radius 1 is 1.60 bits per heavy atom. The monoisotopic (exact) mass is 339 g/mol. The van der Waals surface area contributed by atoms with E-state index in [2.05, 4.69) is 27.3 Å². The maximum atomic E-state index is 11.0. The summed E-state index contributed by atoms with van der Waals surface area (Å²) in [5, 5.41) is 0.622. The summed E-state index contributed by atoms with van der Waals surface area (Å²) in [6.07, 6.45) is 0.160. The zero-order chi connectivity index (χ0) is 11.4. The van der Waals surface area contributed by atoms with Gasteiger partial charge in [-0.05, 0) is 46.4 Å². The molecule has 0 heterocycles. The van der Waals surface area contributed by atoms with Gasteiger partial charge in [0.25, 0.3) is 0 Å².